The maximum Gasteiger partial charge on any atom is 0.408 e. The Morgan fingerprint density at radius 2 is 1.78 bits per heavy atom. The molecule has 50 heavy (non-hydrogen) atoms. The van der Waals surface area contributed by atoms with E-state index >= 15 is 0 Å². The summed E-state index contributed by atoms with van der Waals surface area (Å²) in [4.78, 5) is 45.4. The number of thiocarbonyl (C=S) groups is 1. The molecule has 1 aromatic heterocycles. The minimum Gasteiger partial charge on any atom is -0.508 e. The Bertz CT molecular complexity index is 1870. The van der Waals surface area contributed by atoms with Crippen molar-refractivity contribution < 1.29 is 24.2 Å². The number of rotatable bonds is 13. The second-order valence-electron chi connectivity index (χ2n) is 12.8. The molecule has 1 heterocycles. The number of hydrogen-bond acceptors (Lipinski definition) is 6. The number of aromatic amines is 1. The van der Waals surface area contributed by atoms with E-state index in [1.54, 1.807) is 36.4 Å². The molecule has 0 radical (unpaired) electrons. The Morgan fingerprint density at radius 3 is 2.46 bits per heavy atom. The fourth-order valence-electron chi connectivity index (χ4n) is 6.31. The highest BCUT2D eigenvalue weighted by molar-refractivity contribution is 7.80. The highest BCUT2D eigenvalue weighted by Gasteiger charge is 2.46. The number of nitrogens with one attached hydrogen (secondary N) is 4. The fourth-order valence-corrected chi connectivity index (χ4v) is 7.14. The standard InChI is InChI=1S/C37H41Cl2N5O5S/c1-3-21(2)31(33(40)50)43-35(47)37(16-15-29-27(19-37)26-17-24(38)18-28(39)32(26)41-29)44-34(46)30(14-11-22-9-12-25(45)13-10-22)42-36(48)49-20-23-7-5-4-6-8-23/h4-10,12-13,17-18,21,30-31,41,45H,3,11,14-16,19-20H2,1-2H3,(H2,40,50)(H,42,48)(H,43,47)(H,44,46)/t21?,30-,31-,37+/m0/s1. The molecule has 264 valence electrons. The molecule has 3 aromatic carbocycles. The summed E-state index contributed by atoms with van der Waals surface area (Å²) in [6.45, 7) is 3.94. The first-order valence-electron chi connectivity index (χ1n) is 16.5. The summed E-state index contributed by atoms with van der Waals surface area (Å²) in [5.74, 6) is -0.956. The van der Waals surface area contributed by atoms with Crippen molar-refractivity contribution in [3.8, 4) is 5.75 Å². The fraction of sp³-hybridized carbons (Fsp3) is 0.351. The second kappa shape index (κ2) is 16.1. The molecule has 5 rings (SSSR count). The smallest absolute Gasteiger partial charge is 0.408 e. The number of hydrogen-bond donors (Lipinski definition) is 6. The highest BCUT2D eigenvalue weighted by atomic mass is 35.5. The maximum atomic E-state index is 14.5. The third-order valence-electron chi connectivity index (χ3n) is 9.38. The zero-order valence-corrected chi connectivity index (χ0v) is 30.2. The van der Waals surface area contributed by atoms with Crippen molar-refractivity contribution in [2.75, 3.05) is 0 Å². The lowest BCUT2D eigenvalue weighted by molar-refractivity contribution is -0.135. The van der Waals surface area contributed by atoms with E-state index in [-0.39, 0.29) is 42.5 Å². The van der Waals surface area contributed by atoms with Crippen LogP contribution in [0.1, 0.15) is 55.5 Å². The summed E-state index contributed by atoms with van der Waals surface area (Å²) >= 11 is 18.3. The Kier molecular flexibility index (Phi) is 11.9. The number of aryl methyl sites for hydroxylation is 2. The first-order valence-corrected chi connectivity index (χ1v) is 17.7. The lowest BCUT2D eigenvalue weighted by Gasteiger charge is -2.39. The molecular weight excluding hydrogens is 697 g/mol. The van der Waals surface area contributed by atoms with Crippen LogP contribution in [0.15, 0.2) is 66.7 Å². The molecule has 0 saturated heterocycles. The molecule has 0 bridgehead atoms. The number of nitrogens with two attached hydrogens (primary N) is 1. The van der Waals surface area contributed by atoms with E-state index in [2.05, 4.69) is 20.9 Å². The molecular formula is C37H41Cl2N5O5S. The van der Waals surface area contributed by atoms with Gasteiger partial charge in [0.2, 0.25) is 11.8 Å². The van der Waals surface area contributed by atoms with Gasteiger partial charge < -0.3 is 36.5 Å². The van der Waals surface area contributed by atoms with Crippen molar-refractivity contribution in [1.82, 2.24) is 20.9 Å². The molecule has 0 spiro atoms. The predicted octanol–water partition coefficient (Wildman–Crippen LogP) is 6.27. The lowest BCUT2D eigenvalue weighted by Crippen LogP contribution is -2.66. The number of aromatic hydroxyl groups is 1. The minimum atomic E-state index is -1.45. The van der Waals surface area contributed by atoms with Crippen molar-refractivity contribution in [2.24, 2.45) is 11.7 Å². The van der Waals surface area contributed by atoms with Crippen LogP contribution in [0, 0.1) is 5.92 Å². The second-order valence-corrected chi connectivity index (χ2v) is 14.2. The van der Waals surface area contributed by atoms with Crippen LogP contribution in [0.25, 0.3) is 10.9 Å². The zero-order chi connectivity index (χ0) is 36.0. The summed E-state index contributed by atoms with van der Waals surface area (Å²) in [6, 6.07) is 17.5. The lowest BCUT2D eigenvalue weighted by atomic mass is 9.78. The van der Waals surface area contributed by atoms with Crippen LogP contribution in [-0.4, -0.2) is 50.6 Å². The van der Waals surface area contributed by atoms with Gasteiger partial charge in [-0.05, 0) is 72.6 Å². The first-order chi connectivity index (χ1) is 23.9. The Morgan fingerprint density at radius 1 is 1.06 bits per heavy atom. The zero-order valence-electron chi connectivity index (χ0n) is 27.9. The van der Waals surface area contributed by atoms with Gasteiger partial charge in [-0.15, -0.1) is 0 Å². The largest absolute Gasteiger partial charge is 0.508 e. The number of halogens is 2. The van der Waals surface area contributed by atoms with E-state index in [1.807, 2.05) is 44.2 Å². The van der Waals surface area contributed by atoms with Crippen LogP contribution in [0.3, 0.4) is 0 Å². The monoisotopic (exact) mass is 737 g/mol. The van der Waals surface area contributed by atoms with Crippen LogP contribution in [0.2, 0.25) is 10.0 Å². The summed E-state index contributed by atoms with van der Waals surface area (Å²) in [5, 5.41) is 20.2. The van der Waals surface area contributed by atoms with Crippen LogP contribution >= 0.6 is 35.4 Å². The number of aromatic nitrogens is 1. The van der Waals surface area contributed by atoms with Crippen molar-refractivity contribution in [1.29, 1.82) is 0 Å². The van der Waals surface area contributed by atoms with Crippen LogP contribution in [-0.2, 0) is 40.2 Å². The van der Waals surface area contributed by atoms with Gasteiger partial charge in [-0.25, -0.2) is 4.79 Å². The van der Waals surface area contributed by atoms with E-state index in [4.69, 9.17) is 45.9 Å². The molecule has 1 aliphatic carbocycles. The molecule has 3 amide bonds. The molecule has 1 aliphatic rings. The molecule has 0 fully saturated rings. The molecule has 1 unspecified atom stereocenters. The average Bonchev–Trinajstić information content (AvgIpc) is 3.46. The predicted molar refractivity (Wildman–Crippen MR) is 199 cm³/mol. The summed E-state index contributed by atoms with van der Waals surface area (Å²) in [6.07, 6.45) is 1.26. The van der Waals surface area contributed by atoms with Gasteiger partial charge in [0.05, 0.1) is 21.6 Å². The van der Waals surface area contributed by atoms with Gasteiger partial charge in [-0.1, -0.05) is 98.2 Å². The van der Waals surface area contributed by atoms with E-state index in [9.17, 15) is 19.5 Å². The number of carbonyl (C=O) groups excluding carboxylic acids is 3. The van der Waals surface area contributed by atoms with E-state index in [0.29, 0.717) is 34.8 Å². The Hall–Kier alpha value is -4.32. The Labute approximate surface area is 306 Å². The number of fused-ring (bicyclic) bond motifs is 3. The number of alkyl carbamates (subject to hydrolysis) is 1. The van der Waals surface area contributed by atoms with Gasteiger partial charge in [0, 0.05) is 22.5 Å². The van der Waals surface area contributed by atoms with Gasteiger partial charge in [-0.2, -0.15) is 0 Å². The summed E-state index contributed by atoms with van der Waals surface area (Å²) in [5.41, 5.74) is 8.67. The Balaban J connectivity index is 1.46. The average molecular weight is 739 g/mol. The first kappa shape index (κ1) is 36.9. The molecule has 0 saturated carbocycles. The number of ether oxygens (including phenoxy) is 1. The maximum absolute atomic E-state index is 14.5. The van der Waals surface area contributed by atoms with Gasteiger partial charge in [0.15, 0.2) is 0 Å². The third-order valence-corrected chi connectivity index (χ3v) is 10.2. The molecule has 13 heteroatoms. The van der Waals surface area contributed by atoms with Crippen molar-refractivity contribution in [3.63, 3.8) is 0 Å². The molecule has 10 nitrogen and oxygen atoms in total. The van der Waals surface area contributed by atoms with E-state index in [1.165, 1.54) is 0 Å². The number of H-pyrrole nitrogens is 1. The minimum absolute atomic E-state index is 0.00970. The van der Waals surface area contributed by atoms with E-state index in [0.717, 1.165) is 27.8 Å². The number of carbonyl (C=O) groups is 3. The van der Waals surface area contributed by atoms with Gasteiger partial charge >= 0.3 is 6.09 Å². The molecule has 0 aliphatic heterocycles. The van der Waals surface area contributed by atoms with Crippen LogP contribution < -0.4 is 21.7 Å². The highest BCUT2D eigenvalue weighted by Crippen LogP contribution is 2.38. The molecule has 4 aromatic rings. The van der Waals surface area contributed by atoms with E-state index < -0.39 is 35.5 Å². The van der Waals surface area contributed by atoms with Crippen LogP contribution in [0.4, 0.5) is 4.79 Å². The molecule has 4 atom stereocenters. The third kappa shape index (κ3) is 8.69. The SMILES string of the molecule is CCC(C)[C@H](NC(=O)[C@@]1(NC(=O)[C@H](CCc2ccc(O)cc2)NC(=O)OCc2ccccc2)CCc2[nH]c3c(Cl)cc(Cl)cc3c2C1)C(N)=S. The number of benzene rings is 3. The van der Waals surface area contributed by atoms with Crippen molar-refractivity contribution in [3.05, 3.63) is 99.2 Å². The van der Waals surface area contributed by atoms with Crippen LogP contribution in [0.5, 0.6) is 5.75 Å². The van der Waals surface area contributed by atoms with Crippen molar-refractivity contribution >= 4 is 69.2 Å². The quantitative estimate of drug-likeness (QED) is 0.0883. The number of phenols is 1. The van der Waals surface area contributed by atoms with Gasteiger partial charge in [0.1, 0.15) is 23.9 Å². The molecule has 7 N–H and O–H groups in total. The van der Waals surface area contributed by atoms with Crippen molar-refractivity contribution in [2.45, 2.75) is 76.6 Å². The van der Waals surface area contributed by atoms with Gasteiger partial charge in [0.25, 0.3) is 0 Å². The summed E-state index contributed by atoms with van der Waals surface area (Å²) in [7, 11) is 0. The topological polar surface area (TPSA) is 159 Å². The van der Waals surface area contributed by atoms with Gasteiger partial charge in [-0.3, -0.25) is 9.59 Å². The number of phenolic OH excluding ortho intramolecular Hbond substituents is 1. The number of amides is 3. The summed E-state index contributed by atoms with van der Waals surface area (Å²) < 4.78 is 5.46. The normalized spacial score (nSPS) is 17.2.